The van der Waals surface area contributed by atoms with Gasteiger partial charge in [-0.1, -0.05) is 6.07 Å². The molecule has 0 amide bonds. The highest BCUT2D eigenvalue weighted by molar-refractivity contribution is 7.77. The van der Waals surface area contributed by atoms with Gasteiger partial charge in [-0.3, -0.25) is 13.5 Å². The Bertz CT molecular complexity index is 1750. The smallest absolute Gasteiger partial charge is 0.139 e. The van der Waals surface area contributed by atoms with Crippen LogP contribution < -0.4 is 4.72 Å². The molecule has 5 aromatic rings. The Labute approximate surface area is 231 Å². The molecule has 6 rings (SSSR count). The van der Waals surface area contributed by atoms with Gasteiger partial charge in [0.2, 0.25) is 0 Å². The van der Waals surface area contributed by atoms with Crippen molar-refractivity contribution in [1.29, 1.82) is 0 Å². The summed E-state index contributed by atoms with van der Waals surface area (Å²) in [6, 6.07) is 12.6. The number of fused-ring (bicyclic) bond motifs is 1. The maximum Gasteiger partial charge on any atom is 0.139 e. The van der Waals surface area contributed by atoms with Gasteiger partial charge in [0.25, 0.3) is 0 Å². The molecule has 12 heteroatoms. The van der Waals surface area contributed by atoms with Crippen LogP contribution in [0, 0.1) is 11.6 Å². The molecule has 3 aromatic heterocycles. The lowest BCUT2D eigenvalue weighted by atomic mass is 10.0. The van der Waals surface area contributed by atoms with Crippen molar-refractivity contribution in [3.8, 4) is 28.1 Å². The van der Waals surface area contributed by atoms with E-state index in [1.165, 1.54) is 12.1 Å². The van der Waals surface area contributed by atoms with Crippen LogP contribution in [0.25, 0.3) is 39.1 Å². The van der Waals surface area contributed by atoms with E-state index in [9.17, 15) is 17.5 Å². The Morgan fingerprint density at radius 3 is 2.62 bits per heavy atom. The number of aromatic nitrogens is 5. The minimum atomic E-state index is -2.51. The van der Waals surface area contributed by atoms with Crippen molar-refractivity contribution in [2.24, 2.45) is 0 Å². The van der Waals surface area contributed by atoms with Gasteiger partial charge in [-0.15, -0.1) is 0 Å². The van der Waals surface area contributed by atoms with Gasteiger partial charge in [0.1, 0.15) is 23.8 Å². The molecule has 1 aliphatic carbocycles. The van der Waals surface area contributed by atoms with E-state index < -0.39 is 28.4 Å². The van der Waals surface area contributed by atoms with Crippen molar-refractivity contribution in [2.45, 2.75) is 24.9 Å². The topological polar surface area (TPSA) is 104 Å². The largest absolute Gasteiger partial charge is 0.760 e. The zero-order valence-electron chi connectivity index (χ0n) is 21.8. The summed E-state index contributed by atoms with van der Waals surface area (Å²) >= 11 is -2.51. The van der Waals surface area contributed by atoms with Crippen LogP contribution in [0.2, 0.25) is 0 Å². The predicted octanol–water partition coefficient (Wildman–Crippen LogP) is 4.16. The minimum absolute atomic E-state index is 0.184. The lowest BCUT2D eigenvalue weighted by Crippen LogP contribution is -2.31. The van der Waals surface area contributed by atoms with Gasteiger partial charge in [0.15, 0.2) is 0 Å². The highest BCUT2D eigenvalue weighted by atomic mass is 32.2. The Morgan fingerprint density at radius 1 is 1.07 bits per heavy atom. The molecular formula is C28H26F2N7O2S-. The molecule has 1 saturated carbocycles. The number of halogens is 2. The number of pyridine rings is 1. The lowest BCUT2D eigenvalue weighted by molar-refractivity contribution is 0.373. The number of rotatable bonds is 9. The van der Waals surface area contributed by atoms with Crippen LogP contribution in [0.4, 0.5) is 8.78 Å². The monoisotopic (exact) mass is 562 g/mol. The third kappa shape index (κ3) is 5.18. The SMILES string of the molecule is CN(C)CCn1cc(-c2ccc3c(c2)ncn3-c2cc(-c3ccc(F)cc3F)cc(C3(NS(=O)[O-])CC3)n2)cn1. The number of nitrogens with one attached hydrogen (secondary N) is 1. The van der Waals surface area contributed by atoms with Crippen molar-refractivity contribution in [3.63, 3.8) is 0 Å². The maximum absolute atomic E-state index is 14.8. The molecule has 9 nitrogen and oxygen atoms in total. The van der Waals surface area contributed by atoms with Crippen LogP contribution in [0.5, 0.6) is 0 Å². The molecule has 0 aliphatic heterocycles. The first-order valence-electron chi connectivity index (χ1n) is 12.7. The fourth-order valence-corrected chi connectivity index (χ4v) is 5.40. The van der Waals surface area contributed by atoms with Crippen molar-refractivity contribution >= 4 is 22.3 Å². The van der Waals surface area contributed by atoms with Crippen LogP contribution in [-0.2, 0) is 23.4 Å². The summed E-state index contributed by atoms with van der Waals surface area (Å²) in [5, 5.41) is 4.46. The first kappa shape index (κ1) is 26.4. The van der Waals surface area contributed by atoms with E-state index >= 15 is 0 Å². The van der Waals surface area contributed by atoms with Gasteiger partial charge in [0.05, 0.1) is 35.0 Å². The third-order valence-electron chi connectivity index (χ3n) is 7.11. The molecule has 3 heterocycles. The van der Waals surface area contributed by atoms with Crippen LogP contribution in [-0.4, -0.2) is 58.6 Å². The second-order valence-electron chi connectivity index (χ2n) is 10.3. The highest BCUT2D eigenvalue weighted by Crippen LogP contribution is 2.46. The normalized spacial score (nSPS) is 15.2. The molecule has 1 fully saturated rings. The molecule has 0 radical (unpaired) electrons. The van der Waals surface area contributed by atoms with E-state index in [0.29, 0.717) is 29.9 Å². The van der Waals surface area contributed by atoms with Crippen LogP contribution >= 0.6 is 0 Å². The van der Waals surface area contributed by atoms with Crippen LogP contribution in [0.3, 0.4) is 0 Å². The molecule has 1 N–H and O–H groups in total. The fraction of sp³-hybridized carbons (Fsp3) is 0.250. The summed E-state index contributed by atoms with van der Waals surface area (Å²) < 4.78 is 57.7. The zero-order chi connectivity index (χ0) is 28.0. The van der Waals surface area contributed by atoms with E-state index in [1.807, 2.05) is 49.4 Å². The summed E-state index contributed by atoms with van der Waals surface area (Å²) in [6.45, 7) is 1.65. The Morgan fingerprint density at radius 2 is 1.90 bits per heavy atom. The quantitative estimate of drug-likeness (QED) is 0.271. The first-order chi connectivity index (χ1) is 19.2. The molecule has 0 saturated heterocycles. The standard InChI is InChI=1S/C28H27F2N7O2S/c1-35(2)9-10-36-16-20(15-32-36)18-3-6-25-24(11-18)31-17-37(25)27-13-19(22-5-4-21(29)14-23(22)30)12-26(33-27)28(7-8-28)34-40(38)39/h3-6,11-17,34H,7-10H2,1-2H3,(H,38,39)/p-1. The van der Waals surface area contributed by atoms with Gasteiger partial charge in [0, 0.05) is 41.2 Å². The molecule has 0 spiro atoms. The third-order valence-corrected chi connectivity index (χ3v) is 7.67. The Balaban J connectivity index is 1.41. The molecule has 0 bridgehead atoms. The highest BCUT2D eigenvalue weighted by Gasteiger charge is 2.46. The van der Waals surface area contributed by atoms with Crippen molar-refractivity contribution < 1.29 is 17.5 Å². The number of benzene rings is 2. The molecule has 1 atom stereocenters. The number of hydrogen-bond acceptors (Lipinski definition) is 6. The summed E-state index contributed by atoms with van der Waals surface area (Å²) in [6.07, 6.45) is 6.56. The van der Waals surface area contributed by atoms with E-state index in [2.05, 4.69) is 19.7 Å². The number of hydrogen-bond donors (Lipinski definition) is 1. The molecule has 2 aromatic carbocycles. The lowest BCUT2D eigenvalue weighted by Gasteiger charge is -2.20. The number of nitrogens with zero attached hydrogens (tertiary/aromatic N) is 6. The molecule has 1 aliphatic rings. The van der Waals surface area contributed by atoms with Crippen LogP contribution in [0.1, 0.15) is 18.5 Å². The summed E-state index contributed by atoms with van der Waals surface area (Å²) in [7, 11) is 4.04. The predicted molar refractivity (Wildman–Crippen MR) is 147 cm³/mol. The summed E-state index contributed by atoms with van der Waals surface area (Å²) in [4.78, 5) is 11.5. The average molecular weight is 563 g/mol. The Hall–Kier alpha value is -3.84. The first-order valence-corrected chi connectivity index (χ1v) is 13.8. The van der Waals surface area contributed by atoms with E-state index in [4.69, 9.17) is 4.98 Å². The van der Waals surface area contributed by atoms with E-state index in [-0.39, 0.29) is 5.56 Å². The average Bonchev–Trinajstić information content (AvgIpc) is 3.33. The molecule has 1 unspecified atom stereocenters. The minimum Gasteiger partial charge on any atom is -0.760 e. The molecule has 206 valence electrons. The van der Waals surface area contributed by atoms with Gasteiger partial charge in [-0.2, -0.15) is 5.10 Å². The number of likely N-dealkylation sites (N-methyl/N-ethyl adjacent to an activating group) is 1. The summed E-state index contributed by atoms with van der Waals surface area (Å²) in [5.41, 5.74) is 3.64. The van der Waals surface area contributed by atoms with E-state index in [0.717, 1.165) is 41.3 Å². The fourth-order valence-electron chi connectivity index (χ4n) is 4.77. The summed E-state index contributed by atoms with van der Waals surface area (Å²) in [5.74, 6) is -0.968. The molecular weight excluding hydrogens is 536 g/mol. The zero-order valence-corrected chi connectivity index (χ0v) is 22.7. The second-order valence-corrected chi connectivity index (χ2v) is 10.9. The maximum atomic E-state index is 14.8. The van der Waals surface area contributed by atoms with Gasteiger partial charge < -0.3 is 9.45 Å². The van der Waals surface area contributed by atoms with Gasteiger partial charge >= 0.3 is 0 Å². The second kappa shape index (κ2) is 10.3. The van der Waals surface area contributed by atoms with Gasteiger partial charge in [-0.25, -0.2) is 23.5 Å². The Kier molecular flexibility index (Phi) is 6.78. The molecule has 40 heavy (non-hydrogen) atoms. The van der Waals surface area contributed by atoms with Crippen molar-refractivity contribution in [1.82, 2.24) is 33.9 Å². The van der Waals surface area contributed by atoms with Gasteiger partial charge in [-0.05, 0) is 74.5 Å². The van der Waals surface area contributed by atoms with E-state index in [1.54, 1.807) is 23.0 Å². The van der Waals surface area contributed by atoms with Crippen molar-refractivity contribution in [2.75, 3.05) is 20.6 Å². The number of imidazole rings is 1. The van der Waals surface area contributed by atoms with Crippen molar-refractivity contribution in [3.05, 3.63) is 84.6 Å². The van der Waals surface area contributed by atoms with Crippen LogP contribution in [0.15, 0.2) is 67.3 Å².